The van der Waals surface area contributed by atoms with Gasteiger partial charge in [-0.2, -0.15) is 0 Å². The second kappa shape index (κ2) is 5.40. The summed E-state index contributed by atoms with van der Waals surface area (Å²) in [4.78, 5) is 29.6. The molecule has 0 aromatic rings. The minimum atomic E-state index is -0.251. The van der Waals surface area contributed by atoms with Crippen molar-refractivity contribution in [3.63, 3.8) is 0 Å². The molecule has 3 aliphatic rings. The van der Waals surface area contributed by atoms with E-state index < -0.39 is 0 Å². The molecule has 3 rings (SSSR count). The van der Waals surface area contributed by atoms with Gasteiger partial charge in [-0.25, -0.2) is 0 Å². The average molecular weight is 276 g/mol. The molecule has 6 atom stereocenters. The van der Waals surface area contributed by atoms with E-state index in [-0.39, 0.29) is 41.4 Å². The van der Waals surface area contributed by atoms with Crippen LogP contribution in [0.3, 0.4) is 0 Å². The maximum atomic E-state index is 12.8. The van der Waals surface area contributed by atoms with Gasteiger partial charge in [-0.3, -0.25) is 9.59 Å². The molecule has 2 N–H and O–H groups in total. The van der Waals surface area contributed by atoms with E-state index in [0.717, 1.165) is 38.5 Å². The van der Waals surface area contributed by atoms with Crippen LogP contribution in [0.15, 0.2) is 4.99 Å². The van der Waals surface area contributed by atoms with Crippen LogP contribution in [-0.2, 0) is 9.59 Å². The van der Waals surface area contributed by atoms with Crippen LogP contribution in [0, 0.1) is 29.6 Å². The van der Waals surface area contributed by atoms with Crippen molar-refractivity contribution in [3.05, 3.63) is 0 Å². The molecule has 3 aliphatic carbocycles. The van der Waals surface area contributed by atoms with E-state index in [1.807, 2.05) is 6.21 Å². The summed E-state index contributed by atoms with van der Waals surface area (Å²) in [6.45, 7) is 0. The largest absolute Gasteiger partial charge is 0.326 e. The van der Waals surface area contributed by atoms with E-state index in [1.165, 1.54) is 0 Å². The first-order chi connectivity index (χ1) is 9.65. The summed E-state index contributed by atoms with van der Waals surface area (Å²) in [5, 5.41) is 0. The van der Waals surface area contributed by atoms with E-state index in [9.17, 15) is 9.59 Å². The lowest BCUT2D eigenvalue weighted by Gasteiger charge is -2.47. The number of ketones is 2. The SMILES string of the molecule is CN=CC1CCC2C(=O)C3CCCCC3C(=O)C2C1N. The minimum Gasteiger partial charge on any atom is -0.326 e. The van der Waals surface area contributed by atoms with E-state index >= 15 is 0 Å². The molecular formula is C16H24N2O2. The molecule has 0 radical (unpaired) electrons. The van der Waals surface area contributed by atoms with Gasteiger partial charge >= 0.3 is 0 Å². The smallest absolute Gasteiger partial charge is 0.142 e. The van der Waals surface area contributed by atoms with Crippen molar-refractivity contribution in [1.29, 1.82) is 0 Å². The number of aliphatic imine (C=N–C) groups is 1. The molecule has 0 bridgehead atoms. The van der Waals surface area contributed by atoms with Gasteiger partial charge in [0.15, 0.2) is 0 Å². The number of hydrogen-bond donors (Lipinski definition) is 1. The first kappa shape index (κ1) is 13.9. The molecule has 0 aromatic carbocycles. The van der Waals surface area contributed by atoms with E-state index in [4.69, 9.17) is 5.73 Å². The average Bonchev–Trinajstić information content (AvgIpc) is 2.47. The van der Waals surface area contributed by atoms with Crippen molar-refractivity contribution in [3.8, 4) is 0 Å². The van der Waals surface area contributed by atoms with Crippen LogP contribution >= 0.6 is 0 Å². The molecule has 0 amide bonds. The predicted octanol–water partition coefficient (Wildman–Crippen LogP) is 1.61. The molecule has 0 saturated heterocycles. The third kappa shape index (κ3) is 2.05. The van der Waals surface area contributed by atoms with Crippen molar-refractivity contribution < 1.29 is 9.59 Å². The number of hydrogen-bond acceptors (Lipinski definition) is 4. The summed E-state index contributed by atoms with van der Waals surface area (Å²) in [6, 6.07) is -0.225. The third-order valence-electron chi connectivity index (χ3n) is 5.68. The molecule has 0 aromatic heterocycles. The lowest BCUT2D eigenvalue weighted by Crippen LogP contribution is -2.58. The summed E-state index contributed by atoms with van der Waals surface area (Å²) in [5.74, 6) is 0.361. The second-order valence-corrected chi connectivity index (χ2v) is 6.66. The van der Waals surface area contributed by atoms with Crippen molar-refractivity contribution in [2.45, 2.75) is 44.6 Å². The lowest BCUT2D eigenvalue weighted by molar-refractivity contribution is -0.152. The number of rotatable bonds is 1. The van der Waals surface area contributed by atoms with E-state index in [0.29, 0.717) is 5.78 Å². The zero-order valence-electron chi connectivity index (χ0n) is 12.1. The van der Waals surface area contributed by atoms with Crippen molar-refractivity contribution in [2.75, 3.05) is 7.05 Å². The molecule has 4 nitrogen and oxygen atoms in total. The Bertz CT molecular complexity index is 446. The maximum absolute atomic E-state index is 12.8. The Balaban J connectivity index is 1.89. The number of nitrogens with two attached hydrogens (primary N) is 1. The Kier molecular flexibility index (Phi) is 3.76. The molecule has 3 fully saturated rings. The lowest BCUT2D eigenvalue weighted by atomic mass is 9.56. The fourth-order valence-corrected chi connectivity index (χ4v) is 4.69. The monoisotopic (exact) mass is 276 g/mol. The van der Waals surface area contributed by atoms with Gasteiger partial charge < -0.3 is 10.7 Å². The van der Waals surface area contributed by atoms with Crippen molar-refractivity contribution in [2.24, 2.45) is 40.3 Å². The highest BCUT2D eigenvalue weighted by molar-refractivity contribution is 6.00. The van der Waals surface area contributed by atoms with Crippen LogP contribution in [0.1, 0.15) is 38.5 Å². The standard InChI is InChI=1S/C16H24N2O2/c1-18-8-9-6-7-12-13(14(9)17)16(20)11-5-3-2-4-10(11)15(12)19/h8-14H,2-7,17H2,1H3. The topological polar surface area (TPSA) is 72.5 Å². The summed E-state index contributed by atoms with van der Waals surface area (Å²) in [5.41, 5.74) is 6.33. The van der Waals surface area contributed by atoms with Crippen LogP contribution in [0.4, 0.5) is 0 Å². The Morgan fingerprint density at radius 1 is 1.00 bits per heavy atom. The van der Waals surface area contributed by atoms with E-state index in [1.54, 1.807) is 7.05 Å². The Morgan fingerprint density at radius 2 is 1.65 bits per heavy atom. The Morgan fingerprint density at radius 3 is 2.30 bits per heavy atom. The fraction of sp³-hybridized carbons (Fsp3) is 0.812. The summed E-state index contributed by atoms with van der Waals surface area (Å²) in [7, 11) is 1.74. The van der Waals surface area contributed by atoms with Gasteiger partial charge in [0.2, 0.25) is 0 Å². The predicted molar refractivity (Wildman–Crippen MR) is 77.6 cm³/mol. The summed E-state index contributed by atoms with van der Waals surface area (Å²) >= 11 is 0. The van der Waals surface area contributed by atoms with Gasteiger partial charge in [-0.05, 0) is 25.7 Å². The van der Waals surface area contributed by atoms with Crippen LogP contribution in [0.5, 0.6) is 0 Å². The van der Waals surface area contributed by atoms with Crippen molar-refractivity contribution in [1.82, 2.24) is 0 Å². The molecule has 3 saturated carbocycles. The number of fused-ring (bicyclic) bond motifs is 2. The molecule has 0 aliphatic heterocycles. The fourth-order valence-electron chi connectivity index (χ4n) is 4.69. The normalized spacial score (nSPS) is 45.3. The molecule has 4 heteroatoms. The maximum Gasteiger partial charge on any atom is 0.142 e. The highest BCUT2D eigenvalue weighted by atomic mass is 16.1. The molecule has 110 valence electrons. The quantitative estimate of drug-likeness (QED) is 0.740. The van der Waals surface area contributed by atoms with Crippen LogP contribution in [-0.4, -0.2) is 30.9 Å². The van der Waals surface area contributed by atoms with E-state index in [2.05, 4.69) is 4.99 Å². The first-order valence-corrected chi connectivity index (χ1v) is 7.90. The van der Waals surface area contributed by atoms with Crippen LogP contribution in [0.2, 0.25) is 0 Å². The van der Waals surface area contributed by atoms with Gasteiger partial charge in [-0.1, -0.05) is 12.8 Å². The summed E-state index contributed by atoms with van der Waals surface area (Å²) in [6.07, 6.45) is 7.52. The highest BCUT2D eigenvalue weighted by Gasteiger charge is 2.54. The molecular weight excluding hydrogens is 252 g/mol. The third-order valence-corrected chi connectivity index (χ3v) is 5.68. The number of carbonyl (C=O) groups is 2. The van der Waals surface area contributed by atoms with Gasteiger partial charge in [0, 0.05) is 48.9 Å². The Labute approximate surface area is 120 Å². The molecule has 0 heterocycles. The zero-order valence-corrected chi connectivity index (χ0v) is 12.1. The molecule has 6 unspecified atom stereocenters. The van der Waals surface area contributed by atoms with Gasteiger partial charge in [0.1, 0.15) is 11.6 Å². The van der Waals surface area contributed by atoms with Crippen molar-refractivity contribution >= 4 is 17.8 Å². The van der Waals surface area contributed by atoms with Crippen LogP contribution < -0.4 is 5.73 Å². The number of carbonyl (C=O) groups excluding carboxylic acids is 2. The zero-order chi connectivity index (χ0) is 14.3. The number of nitrogens with zero attached hydrogens (tertiary/aromatic N) is 1. The summed E-state index contributed by atoms with van der Waals surface area (Å²) < 4.78 is 0. The molecule has 0 spiro atoms. The van der Waals surface area contributed by atoms with Gasteiger partial charge in [0.25, 0.3) is 0 Å². The second-order valence-electron chi connectivity index (χ2n) is 6.66. The van der Waals surface area contributed by atoms with Gasteiger partial charge in [0.05, 0.1) is 0 Å². The van der Waals surface area contributed by atoms with Gasteiger partial charge in [-0.15, -0.1) is 0 Å². The Hall–Kier alpha value is -1.03. The number of Topliss-reactive ketones (excluding diaryl/α,β-unsaturated/α-hetero) is 2. The van der Waals surface area contributed by atoms with Crippen LogP contribution in [0.25, 0.3) is 0 Å². The minimum absolute atomic E-state index is 0.00101. The first-order valence-electron chi connectivity index (χ1n) is 7.90. The highest BCUT2D eigenvalue weighted by Crippen LogP contribution is 2.46. The molecule has 20 heavy (non-hydrogen) atoms.